The summed E-state index contributed by atoms with van der Waals surface area (Å²) in [5, 5.41) is 13.6. The van der Waals surface area contributed by atoms with E-state index in [1.54, 1.807) is 24.7 Å². The number of aliphatic imine (C=N–C) groups is 1. The molecule has 0 radical (unpaired) electrons. The summed E-state index contributed by atoms with van der Waals surface area (Å²) in [6.45, 7) is 3.76. The SMILES string of the molecule is CCc1cc(-c2cc(NC(=O)Cc3cc(C(F)(F)F)ccc3C)nn2C)cc2c1NC(NC)N=C2.NC1CCCCC1. The molecule has 0 bridgehead atoms. The number of amides is 1. The van der Waals surface area contributed by atoms with Crippen molar-refractivity contribution in [2.24, 2.45) is 17.8 Å². The van der Waals surface area contributed by atoms with Crippen LogP contribution in [0.5, 0.6) is 0 Å². The molecule has 1 aromatic heterocycles. The first-order valence-electron chi connectivity index (χ1n) is 14.4. The Balaban J connectivity index is 0.000000507. The summed E-state index contributed by atoms with van der Waals surface area (Å²) in [5.41, 5.74) is 10.6. The molecule has 42 heavy (non-hydrogen) atoms. The Labute approximate surface area is 245 Å². The van der Waals surface area contributed by atoms with Gasteiger partial charge in [0.2, 0.25) is 5.91 Å². The Morgan fingerprint density at radius 1 is 1.12 bits per heavy atom. The van der Waals surface area contributed by atoms with E-state index in [-0.39, 0.29) is 12.7 Å². The van der Waals surface area contributed by atoms with Gasteiger partial charge in [-0.2, -0.15) is 18.3 Å². The quantitative estimate of drug-likeness (QED) is 0.294. The lowest BCUT2D eigenvalue weighted by molar-refractivity contribution is -0.137. The van der Waals surface area contributed by atoms with Crippen LogP contribution in [0.15, 0.2) is 41.4 Å². The number of fused-ring (bicyclic) bond motifs is 1. The van der Waals surface area contributed by atoms with Gasteiger partial charge in [-0.15, -0.1) is 0 Å². The van der Waals surface area contributed by atoms with Crippen LogP contribution < -0.4 is 21.7 Å². The number of halogens is 3. The van der Waals surface area contributed by atoms with Crippen LogP contribution in [0.3, 0.4) is 0 Å². The molecule has 226 valence electrons. The summed E-state index contributed by atoms with van der Waals surface area (Å²) < 4.78 is 40.8. The van der Waals surface area contributed by atoms with E-state index < -0.39 is 17.6 Å². The number of aromatic nitrogens is 2. The fraction of sp³-hybridized carbons (Fsp3) is 0.452. The summed E-state index contributed by atoms with van der Waals surface area (Å²) in [5.74, 6) is -0.110. The lowest BCUT2D eigenvalue weighted by atomic mass is 9.97. The van der Waals surface area contributed by atoms with Gasteiger partial charge < -0.3 is 16.4 Å². The van der Waals surface area contributed by atoms with Gasteiger partial charge in [-0.1, -0.05) is 32.3 Å². The average Bonchev–Trinajstić information content (AvgIpc) is 3.32. The van der Waals surface area contributed by atoms with Crippen LogP contribution in [0.25, 0.3) is 11.3 Å². The number of hydrogen-bond donors (Lipinski definition) is 4. The highest BCUT2D eigenvalue weighted by molar-refractivity contribution is 5.94. The fourth-order valence-corrected chi connectivity index (χ4v) is 5.24. The molecule has 8 nitrogen and oxygen atoms in total. The first-order valence-corrected chi connectivity index (χ1v) is 14.4. The first kappa shape index (κ1) is 31.2. The van der Waals surface area contributed by atoms with Crippen LogP contribution in [-0.4, -0.2) is 41.3 Å². The minimum atomic E-state index is -4.46. The molecule has 1 atom stereocenters. The van der Waals surface area contributed by atoms with E-state index in [1.165, 1.54) is 38.2 Å². The van der Waals surface area contributed by atoms with Crippen molar-refractivity contribution in [3.63, 3.8) is 0 Å². The Kier molecular flexibility index (Phi) is 10.1. The van der Waals surface area contributed by atoms with E-state index in [0.717, 1.165) is 46.6 Å². The fourth-order valence-electron chi connectivity index (χ4n) is 5.24. The van der Waals surface area contributed by atoms with Crippen LogP contribution >= 0.6 is 0 Å². The lowest BCUT2D eigenvalue weighted by Gasteiger charge is -2.24. The third-order valence-electron chi connectivity index (χ3n) is 7.67. The molecule has 11 heteroatoms. The largest absolute Gasteiger partial charge is 0.416 e. The Hall–Kier alpha value is -3.70. The van der Waals surface area contributed by atoms with E-state index in [9.17, 15) is 18.0 Å². The number of anilines is 2. The maximum Gasteiger partial charge on any atom is 0.416 e. The van der Waals surface area contributed by atoms with Gasteiger partial charge in [0.25, 0.3) is 0 Å². The van der Waals surface area contributed by atoms with Gasteiger partial charge in [0.05, 0.1) is 17.7 Å². The van der Waals surface area contributed by atoms with Crippen LogP contribution in [0, 0.1) is 6.92 Å². The van der Waals surface area contributed by atoms with Gasteiger partial charge in [-0.05, 0) is 74.2 Å². The molecule has 2 aliphatic rings. The molecule has 1 fully saturated rings. The summed E-state index contributed by atoms with van der Waals surface area (Å²) in [4.78, 5) is 17.1. The molecule has 0 spiro atoms. The van der Waals surface area contributed by atoms with Gasteiger partial charge in [0.1, 0.15) is 0 Å². The lowest BCUT2D eigenvalue weighted by Crippen LogP contribution is -2.34. The number of carbonyl (C=O) groups excluding carboxylic acids is 1. The molecule has 2 heterocycles. The number of nitrogens with zero attached hydrogens (tertiary/aromatic N) is 3. The molecule has 1 saturated carbocycles. The van der Waals surface area contributed by atoms with Crippen molar-refractivity contribution in [3.8, 4) is 11.3 Å². The summed E-state index contributed by atoms with van der Waals surface area (Å²) in [6.07, 6.45) is 4.47. The highest BCUT2D eigenvalue weighted by Gasteiger charge is 2.31. The van der Waals surface area contributed by atoms with E-state index >= 15 is 0 Å². The maximum atomic E-state index is 13.1. The predicted molar refractivity (Wildman–Crippen MR) is 162 cm³/mol. The number of aryl methyl sites for hydroxylation is 3. The second-order valence-electron chi connectivity index (χ2n) is 10.9. The third kappa shape index (κ3) is 7.77. The highest BCUT2D eigenvalue weighted by atomic mass is 19.4. The molecule has 1 aliphatic heterocycles. The van der Waals surface area contributed by atoms with Crippen molar-refractivity contribution in [2.75, 3.05) is 17.7 Å². The van der Waals surface area contributed by atoms with Crippen molar-refractivity contribution >= 4 is 23.6 Å². The smallest absolute Gasteiger partial charge is 0.351 e. The van der Waals surface area contributed by atoms with Crippen LogP contribution in [0.2, 0.25) is 0 Å². The number of nitrogens with two attached hydrogens (primary N) is 1. The number of alkyl halides is 3. The van der Waals surface area contributed by atoms with E-state index in [0.29, 0.717) is 23.0 Å². The van der Waals surface area contributed by atoms with E-state index in [2.05, 4.69) is 39.0 Å². The van der Waals surface area contributed by atoms with Crippen molar-refractivity contribution in [2.45, 2.75) is 77.3 Å². The average molecular weight is 584 g/mol. The van der Waals surface area contributed by atoms with Crippen LogP contribution in [0.4, 0.5) is 24.7 Å². The van der Waals surface area contributed by atoms with Crippen molar-refractivity contribution in [1.82, 2.24) is 15.1 Å². The van der Waals surface area contributed by atoms with Crippen molar-refractivity contribution < 1.29 is 18.0 Å². The molecule has 1 aliphatic carbocycles. The van der Waals surface area contributed by atoms with E-state index in [4.69, 9.17) is 5.73 Å². The second-order valence-corrected chi connectivity index (χ2v) is 10.9. The molecule has 0 saturated heterocycles. The van der Waals surface area contributed by atoms with Crippen molar-refractivity contribution in [1.29, 1.82) is 0 Å². The van der Waals surface area contributed by atoms with E-state index in [1.807, 2.05) is 19.3 Å². The molecule has 2 aromatic carbocycles. The van der Waals surface area contributed by atoms with Gasteiger partial charge >= 0.3 is 6.18 Å². The molecular weight excluding hydrogens is 543 g/mol. The normalized spacial score (nSPS) is 16.7. The minimum absolute atomic E-state index is 0.183. The first-order chi connectivity index (χ1) is 20.0. The summed E-state index contributed by atoms with van der Waals surface area (Å²) in [6, 6.07) is 9.78. The standard InChI is InChI=1S/C25H27F3N6O.C6H13N/c1-5-15-8-17(9-18-13-30-24(29-3)32-23(15)18)20-12-21(33-34(20)4)31-22(35)11-16-10-19(25(26,27)28)7-6-14(16)2;7-6-4-2-1-3-5-6/h6-10,12-13,24,29,32H,5,11H2,1-4H3,(H,31,33,35);6H,1-5,7H2. The molecular formula is C31H40F3N7O. The molecule has 5 N–H and O–H groups in total. The van der Waals surface area contributed by atoms with Gasteiger partial charge in [0, 0.05) is 42.2 Å². The molecule has 3 aromatic rings. The Morgan fingerprint density at radius 2 is 1.86 bits per heavy atom. The maximum absolute atomic E-state index is 13.1. The zero-order valence-corrected chi connectivity index (χ0v) is 24.6. The van der Waals surface area contributed by atoms with Gasteiger partial charge in [-0.3, -0.25) is 19.8 Å². The Bertz CT molecular complexity index is 1420. The summed E-state index contributed by atoms with van der Waals surface area (Å²) in [7, 11) is 3.61. The number of carbonyl (C=O) groups is 1. The number of nitrogens with one attached hydrogen (secondary N) is 3. The molecule has 1 amide bonds. The monoisotopic (exact) mass is 583 g/mol. The zero-order valence-electron chi connectivity index (χ0n) is 24.6. The van der Waals surface area contributed by atoms with Gasteiger partial charge in [-0.25, -0.2) is 0 Å². The zero-order chi connectivity index (χ0) is 30.4. The topological polar surface area (TPSA) is 109 Å². The van der Waals surface area contributed by atoms with Gasteiger partial charge in [0.15, 0.2) is 12.1 Å². The van der Waals surface area contributed by atoms with Crippen LogP contribution in [-0.2, 0) is 30.9 Å². The Morgan fingerprint density at radius 3 is 2.48 bits per heavy atom. The predicted octanol–water partition coefficient (Wildman–Crippen LogP) is 5.78. The molecule has 5 rings (SSSR count). The number of benzene rings is 2. The summed E-state index contributed by atoms with van der Waals surface area (Å²) >= 11 is 0. The molecule has 1 unspecified atom stereocenters. The number of hydrogen-bond acceptors (Lipinski definition) is 6. The third-order valence-corrected chi connectivity index (χ3v) is 7.67. The van der Waals surface area contributed by atoms with Crippen molar-refractivity contribution in [3.05, 3.63) is 64.2 Å². The number of rotatable bonds is 6. The highest BCUT2D eigenvalue weighted by Crippen LogP contribution is 2.33. The minimum Gasteiger partial charge on any atom is -0.351 e. The van der Waals surface area contributed by atoms with Crippen LogP contribution in [0.1, 0.15) is 66.8 Å². The second kappa shape index (κ2) is 13.5.